The van der Waals surface area contributed by atoms with E-state index in [1.165, 1.54) is 186 Å². The number of carbonyl (C=O) groups excluding carboxylic acids is 3. The monoisotopic (exact) mass is 1470 g/mol. The summed E-state index contributed by atoms with van der Waals surface area (Å²) in [5.41, 5.74) is 0. The molecule has 1 saturated carbocycles. The maximum absolute atomic E-state index is 14.4. The predicted molar refractivity (Wildman–Crippen MR) is 384 cm³/mol. The van der Waals surface area contributed by atoms with Crippen LogP contribution in [0.4, 0.5) is 0 Å². The lowest BCUT2D eigenvalue weighted by molar-refractivity contribution is -0.360. The summed E-state index contributed by atoms with van der Waals surface area (Å²) in [5, 5.41) is 110. The minimum Gasteiger partial charge on any atom is -0.463 e. The van der Waals surface area contributed by atoms with Crippen LogP contribution in [0.5, 0.6) is 0 Å². The molecule has 0 bridgehead atoms. The Morgan fingerprint density at radius 3 is 0.970 bits per heavy atom. The SMILES string of the molecule is CCCCCCCCCCCCCCCCCCC(=O)OCC(COP(=O)(O)OC1C(OC2OC(CO)C(O)C(O)C2O)C(O)C(O)C(O)C1OC1OC(COC(=O)CCCCCCCCCCCCCCCC)C(O)C(O)C1O)OC(=O)CCCCCCCCCCCCCCCCCC. The first-order valence-electron chi connectivity index (χ1n) is 40.3. The number of aliphatic hydroxyl groups is 10. The van der Waals surface area contributed by atoms with Crippen LogP contribution in [-0.4, -0.2) is 204 Å². The smallest absolute Gasteiger partial charge is 0.463 e. The third-order valence-electron chi connectivity index (χ3n) is 20.1. The van der Waals surface area contributed by atoms with Gasteiger partial charge in [0.15, 0.2) is 18.7 Å². The molecule has 0 aromatic heterocycles. The molecule has 2 heterocycles. The molecule has 0 aromatic carbocycles. The fraction of sp³-hybridized carbons (Fsp3) is 0.961. The van der Waals surface area contributed by atoms with Gasteiger partial charge < -0.3 is 89.1 Å². The van der Waals surface area contributed by atoms with E-state index in [1.54, 1.807) is 0 Å². The molecule has 11 N–H and O–H groups in total. The standard InChI is InChI=1S/C76H143O24P/c1-4-7-10-13-16-19-22-25-28-30-33-36-38-41-44-47-50-60(78)92-54-57(95-62(80)52-49-46-43-40-37-34-31-29-26-23-20-17-14-11-8-5-2)55-94-101(90,91)100-74-72(98-75-70(88)65(83)63(81)58(53-77)96-75)68(86)67(85)69(87)73(74)99-76-71(89)66(84)64(82)59(97-76)56-93-61(79)51-48-45-42-39-35-32-27-24-21-18-15-12-9-6-3/h57-59,63-77,81-89H,4-56H2,1-3H3,(H,90,91). The molecule has 18 unspecified atom stereocenters. The lowest BCUT2D eigenvalue weighted by Crippen LogP contribution is -2.69. The molecule has 101 heavy (non-hydrogen) atoms. The summed E-state index contributed by atoms with van der Waals surface area (Å²) in [6.07, 6.45) is 17.1. The zero-order chi connectivity index (χ0) is 73.9. The summed E-state index contributed by atoms with van der Waals surface area (Å²) in [7, 11) is -5.69. The quantitative estimate of drug-likeness (QED) is 0.0117. The fourth-order valence-electron chi connectivity index (χ4n) is 13.6. The molecule has 2 saturated heterocycles. The van der Waals surface area contributed by atoms with Crippen molar-refractivity contribution in [2.45, 2.75) is 440 Å². The number of hydrogen-bond acceptors (Lipinski definition) is 23. The lowest BCUT2D eigenvalue weighted by atomic mass is 9.84. The number of phosphoric ester groups is 1. The molecule has 24 nitrogen and oxygen atoms in total. The Balaban J connectivity index is 1.71. The van der Waals surface area contributed by atoms with Crippen LogP contribution in [0.25, 0.3) is 0 Å². The number of aliphatic hydroxyl groups excluding tert-OH is 10. The van der Waals surface area contributed by atoms with Gasteiger partial charge in [-0.1, -0.05) is 297 Å². The molecule has 0 radical (unpaired) electrons. The molecule has 3 rings (SSSR count). The highest BCUT2D eigenvalue weighted by Gasteiger charge is 2.58. The van der Waals surface area contributed by atoms with Gasteiger partial charge in [-0.05, 0) is 19.3 Å². The lowest BCUT2D eigenvalue weighted by Gasteiger charge is -2.49. The van der Waals surface area contributed by atoms with E-state index >= 15 is 0 Å². The summed E-state index contributed by atoms with van der Waals surface area (Å²) in [4.78, 5) is 51.1. The maximum Gasteiger partial charge on any atom is 0.472 e. The maximum atomic E-state index is 14.4. The van der Waals surface area contributed by atoms with Crippen molar-refractivity contribution in [1.82, 2.24) is 0 Å². The van der Waals surface area contributed by atoms with Crippen LogP contribution in [0, 0.1) is 0 Å². The van der Waals surface area contributed by atoms with Gasteiger partial charge in [0.05, 0.1) is 13.2 Å². The highest BCUT2D eigenvalue weighted by Crippen LogP contribution is 2.49. The van der Waals surface area contributed by atoms with E-state index < -0.39 is 156 Å². The van der Waals surface area contributed by atoms with Crippen molar-refractivity contribution >= 4 is 25.7 Å². The van der Waals surface area contributed by atoms with E-state index in [4.69, 9.17) is 42.2 Å². The molecule has 25 heteroatoms. The van der Waals surface area contributed by atoms with E-state index in [2.05, 4.69) is 20.8 Å². The van der Waals surface area contributed by atoms with Crippen LogP contribution in [0.2, 0.25) is 0 Å². The van der Waals surface area contributed by atoms with Crippen molar-refractivity contribution in [3.8, 4) is 0 Å². The Labute approximate surface area is 606 Å². The van der Waals surface area contributed by atoms with Crippen LogP contribution in [0.3, 0.4) is 0 Å². The van der Waals surface area contributed by atoms with Crippen molar-refractivity contribution < 1.29 is 117 Å². The first-order valence-corrected chi connectivity index (χ1v) is 41.8. The van der Waals surface area contributed by atoms with Gasteiger partial charge in [-0.25, -0.2) is 4.57 Å². The van der Waals surface area contributed by atoms with Crippen molar-refractivity contribution in [3.05, 3.63) is 0 Å². The second kappa shape index (κ2) is 58.0. The predicted octanol–water partition coefficient (Wildman–Crippen LogP) is 12.1. The minimum absolute atomic E-state index is 0.0326. The summed E-state index contributed by atoms with van der Waals surface area (Å²) in [6, 6.07) is 0. The third kappa shape index (κ3) is 40.7. The summed E-state index contributed by atoms with van der Waals surface area (Å²) >= 11 is 0. The molecule has 0 amide bonds. The van der Waals surface area contributed by atoms with Gasteiger partial charge >= 0.3 is 25.7 Å². The van der Waals surface area contributed by atoms with Gasteiger partial charge in [0.1, 0.15) is 98.7 Å². The van der Waals surface area contributed by atoms with Crippen LogP contribution in [0.1, 0.15) is 335 Å². The van der Waals surface area contributed by atoms with E-state index in [0.29, 0.717) is 19.3 Å². The number of carbonyl (C=O) groups is 3. The average molecular weight is 1470 g/mol. The number of esters is 3. The first-order chi connectivity index (χ1) is 48.8. The van der Waals surface area contributed by atoms with Crippen molar-refractivity contribution in [3.63, 3.8) is 0 Å². The minimum atomic E-state index is -5.69. The molecular formula is C76H143O24P. The number of phosphoric acid groups is 1. The Hall–Kier alpha value is -2.04. The molecule has 0 aromatic rings. The van der Waals surface area contributed by atoms with Gasteiger partial charge in [0, 0.05) is 19.3 Å². The molecule has 18 atom stereocenters. The third-order valence-corrected chi connectivity index (χ3v) is 21.1. The Kier molecular flexibility index (Phi) is 53.5. The number of ether oxygens (including phenoxy) is 7. The normalized spacial score (nSPS) is 27.1. The molecule has 596 valence electrons. The number of unbranched alkanes of at least 4 members (excludes halogenated alkanes) is 43. The second-order valence-electron chi connectivity index (χ2n) is 29.2. The van der Waals surface area contributed by atoms with Crippen molar-refractivity contribution in [1.29, 1.82) is 0 Å². The van der Waals surface area contributed by atoms with E-state index in [-0.39, 0.29) is 19.3 Å². The highest BCUT2D eigenvalue weighted by atomic mass is 31.2. The molecule has 2 aliphatic heterocycles. The largest absolute Gasteiger partial charge is 0.472 e. The number of hydrogen-bond donors (Lipinski definition) is 11. The fourth-order valence-corrected chi connectivity index (χ4v) is 14.5. The molecule has 3 fully saturated rings. The van der Waals surface area contributed by atoms with Crippen molar-refractivity contribution in [2.75, 3.05) is 26.4 Å². The van der Waals surface area contributed by atoms with E-state index in [0.717, 1.165) is 89.9 Å². The van der Waals surface area contributed by atoms with Gasteiger partial charge in [0.2, 0.25) is 0 Å². The van der Waals surface area contributed by atoms with Gasteiger partial charge in [-0.15, -0.1) is 0 Å². The summed E-state index contributed by atoms with van der Waals surface area (Å²) in [6.45, 7) is 3.51. The van der Waals surface area contributed by atoms with Gasteiger partial charge in [-0.2, -0.15) is 0 Å². The van der Waals surface area contributed by atoms with E-state index in [1.807, 2.05) is 0 Å². The van der Waals surface area contributed by atoms with Crippen LogP contribution < -0.4 is 0 Å². The molecule has 0 spiro atoms. The molecular weight excluding hydrogens is 1330 g/mol. The second-order valence-corrected chi connectivity index (χ2v) is 30.6. The van der Waals surface area contributed by atoms with Gasteiger partial charge in [0.25, 0.3) is 0 Å². The Bertz CT molecular complexity index is 2080. The Morgan fingerprint density at radius 2 is 0.634 bits per heavy atom. The topological polar surface area (TPSA) is 374 Å². The van der Waals surface area contributed by atoms with Gasteiger partial charge in [-0.3, -0.25) is 23.4 Å². The van der Waals surface area contributed by atoms with Crippen molar-refractivity contribution in [2.24, 2.45) is 0 Å². The first kappa shape index (κ1) is 93.2. The number of rotatable bonds is 64. The van der Waals surface area contributed by atoms with E-state index in [9.17, 15) is 74.9 Å². The molecule has 1 aliphatic carbocycles. The molecule has 3 aliphatic rings. The Morgan fingerprint density at radius 1 is 0.347 bits per heavy atom. The zero-order valence-corrected chi connectivity index (χ0v) is 63.4. The van der Waals surface area contributed by atoms with Crippen LogP contribution in [0.15, 0.2) is 0 Å². The van der Waals surface area contributed by atoms with Crippen LogP contribution in [-0.2, 0) is 61.2 Å². The summed E-state index contributed by atoms with van der Waals surface area (Å²) in [5.74, 6) is -1.97. The average Bonchev–Trinajstić information content (AvgIpc) is 0.760. The zero-order valence-electron chi connectivity index (χ0n) is 62.5. The van der Waals surface area contributed by atoms with Crippen LogP contribution >= 0.6 is 7.82 Å². The summed E-state index contributed by atoms with van der Waals surface area (Å²) < 4.78 is 65.2. The highest BCUT2D eigenvalue weighted by molar-refractivity contribution is 7.47.